The van der Waals surface area contributed by atoms with E-state index in [4.69, 9.17) is 0 Å². The molecule has 1 aliphatic rings. The average molecular weight is 361 g/mol. The average Bonchev–Trinajstić information content (AvgIpc) is 2.83. The van der Waals surface area contributed by atoms with Gasteiger partial charge < -0.3 is 15.3 Å². The Balaban J connectivity index is 2.14. The molecule has 0 bridgehead atoms. The maximum atomic E-state index is 12.6. The van der Waals surface area contributed by atoms with Gasteiger partial charge in [0, 0.05) is 20.0 Å². The number of carboxylic acid groups (broad SMARTS) is 1. The van der Waals surface area contributed by atoms with Crippen LogP contribution < -0.4 is 5.32 Å². The monoisotopic (exact) mass is 361 g/mol. The van der Waals surface area contributed by atoms with Crippen LogP contribution in [-0.2, 0) is 14.4 Å². The second-order valence-corrected chi connectivity index (χ2v) is 5.83. The van der Waals surface area contributed by atoms with E-state index in [0.29, 0.717) is 0 Å². The first-order valence-corrected chi connectivity index (χ1v) is 7.96. The molecular formula is C17H19N3O6. The Kier molecular flexibility index (Phi) is 5.71. The minimum absolute atomic E-state index is 0.0564. The van der Waals surface area contributed by atoms with E-state index < -0.39 is 36.3 Å². The van der Waals surface area contributed by atoms with Gasteiger partial charge in [-0.3, -0.25) is 24.1 Å². The number of rotatable bonds is 7. The van der Waals surface area contributed by atoms with Crippen molar-refractivity contribution in [2.75, 3.05) is 19.6 Å². The molecule has 1 unspecified atom stereocenters. The van der Waals surface area contributed by atoms with Crippen LogP contribution in [-0.4, -0.2) is 70.2 Å². The van der Waals surface area contributed by atoms with Crippen LogP contribution >= 0.6 is 0 Å². The van der Waals surface area contributed by atoms with Gasteiger partial charge in [-0.1, -0.05) is 12.1 Å². The van der Waals surface area contributed by atoms with Gasteiger partial charge in [-0.2, -0.15) is 0 Å². The molecule has 4 amide bonds. The topological polar surface area (TPSA) is 124 Å². The lowest BCUT2D eigenvalue weighted by molar-refractivity contribution is -0.149. The molecular weight excluding hydrogens is 342 g/mol. The van der Waals surface area contributed by atoms with E-state index >= 15 is 0 Å². The van der Waals surface area contributed by atoms with Crippen LogP contribution in [0.25, 0.3) is 0 Å². The van der Waals surface area contributed by atoms with E-state index in [1.165, 1.54) is 26.0 Å². The highest BCUT2D eigenvalue weighted by Crippen LogP contribution is 2.22. The van der Waals surface area contributed by atoms with Gasteiger partial charge in [-0.15, -0.1) is 0 Å². The predicted molar refractivity (Wildman–Crippen MR) is 89.3 cm³/mol. The summed E-state index contributed by atoms with van der Waals surface area (Å²) in [5, 5.41) is 11.7. The lowest BCUT2D eigenvalue weighted by Crippen LogP contribution is -2.51. The minimum Gasteiger partial charge on any atom is -0.480 e. The van der Waals surface area contributed by atoms with E-state index in [2.05, 4.69) is 5.32 Å². The van der Waals surface area contributed by atoms with Crippen molar-refractivity contribution in [1.29, 1.82) is 0 Å². The van der Waals surface area contributed by atoms with Crippen molar-refractivity contribution in [3.8, 4) is 0 Å². The van der Waals surface area contributed by atoms with Crippen LogP contribution in [0, 0.1) is 0 Å². The smallest absolute Gasteiger partial charge is 0.326 e. The summed E-state index contributed by atoms with van der Waals surface area (Å²) in [5.74, 6) is -3.43. The number of benzene rings is 1. The molecule has 0 saturated heterocycles. The number of amides is 4. The number of hydrogen-bond donors (Lipinski definition) is 2. The Bertz CT molecular complexity index is 741. The number of nitrogens with zero attached hydrogens (tertiary/aromatic N) is 2. The summed E-state index contributed by atoms with van der Waals surface area (Å²) < 4.78 is 0. The summed E-state index contributed by atoms with van der Waals surface area (Å²) in [7, 11) is 0. The molecule has 0 saturated carbocycles. The standard InChI is InChI=1S/C17H19N3O6/c1-10(17(25)26)19(8-7-18-11(2)21)14(22)9-20-15(23)12-5-3-4-6-13(12)16(20)24/h3-6,10H,7-9H2,1-2H3,(H,18,21)(H,25,26). The van der Waals surface area contributed by atoms with Crippen LogP contribution in [0.3, 0.4) is 0 Å². The number of fused-ring (bicyclic) bond motifs is 1. The molecule has 9 nitrogen and oxygen atoms in total. The van der Waals surface area contributed by atoms with Crippen molar-refractivity contribution in [3.63, 3.8) is 0 Å². The number of carboxylic acids is 1. The van der Waals surface area contributed by atoms with Crippen molar-refractivity contribution in [2.45, 2.75) is 19.9 Å². The normalized spacial score (nSPS) is 14.0. The van der Waals surface area contributed by atoms with Crippen molar-refractivity contribution >= 4 is 29.6 Å². The van der Waals surface area contributed by atoms with E-state index in [1.54, 1.807) is 12.1 Å². The van der Waals surface area contributed by atoms with E-state index in [-0.39, 0.29) is 30.1 Å². The van der Waals surface area contributed by atoms with Crippen LogP contribution in [0.4, 0.5) is 0 Å². The lowest BCUT2D eigenvalue weighted by atomic mass is 10.1. The Hall–Kier alpha value is -3.23. The highest BCUT2D eigenvalue weighted by molar-refractivity contribution is 6.22. The van der Waals surface area contributed by atoms with Crippen LogP contribution in [0.2, 0.25) is 0 Å². The van der Waals surface area contributed by atoms with Gasteiger partial charge in [0.05, 0.1) is 11.1 Å². The van der Waals surface area contributed by atoms with Gasteiger partial charge in [-0.25, -0.2) is 4.79 Å². The fourth-order valence-corrected chi connectivity index (χ4v) is 2.63. The summed E-state index contributed by atoms with van der Waals surface area (Å²) in [4.78, 5) is 61.3. The van der Waals surface area contributed by atoms with Crippen LogP contribution in [0.1, 0.15) is 34.6 Å². The van der Waals surface area contributed by atoms with Gasteiger partial charge in [0.15, 0.2) is 0 Å². The molecule has 0 aromatic heterocycles. The second-order valence-electron chi connectivity index (χ2n) is 5.83. The Morgan fingerprint density at radius 2 is 1.69 bits per heavy atom. The predicted octanol–water partition coefficient (Wildman–Crippen LogP) is -0.280. The molecule has 26 heavy (non-hydrogen) atoms. The van der Waals surface area contributed by atoms with Crippen molar-refractivity contribution in [3.05, 3.63) is 35.4 Å². The molecule has 2 N–H and O–H groups in total. The van der Waals surface area contributed by atoms with Gasteiger partial charge >= 0.3 is 5.97 Å². The summed E-state index contributed by atoms with van der Waals surface area (Å²) in [6, 6.07) is 5.04. The summed E-state index contributed by atoms with van der Waals surface area (Å²) in [6.45, 7) is 2.04. The fourth-order valence-electron chi connectivity index (χ4n) is 2.63. The molecule has 0 spiro atoms. The highest BCUT2D eigenvalue weighted by Gasteiger charge is 2.38. The minimum atomic E-state index is -1.23. The molecule has 1 aromatic rings. The first kappa shape index (κ1) is 19.1. The van der Waals surface area contributed by atoms with Crippen LogP contribution in [0.5, 0.6) is 0 Å². The maximum Gasteiger partial charge on any atom is 0.326 e. The Labute approximate surface area is 149 Å². The van der Waals surface area contributed by atoms with E-state index in [1.807, 2.05) is 0 Å². The van der Waals surface area contributed by atoms with Gasteiger partial charge in [0.25, 0.3) is 11.8 Å². The molecule has 1 atom stereocenters. The van der Waals surface area contributed by atoms with Gasteiger partial charge in [-0.05, 0) is 19.1 Å². The third-order valence-electron chi connectivity index (χ3n) is 4.04. The number of hydrogen-bond acceptors (Lipinski definition) is 5. The molecule has 1 aliphatic heterocycles. The second kappa shape index (κ2) is 7.77. The number of imide groups is 1. The Morgan fingerprint density at radius 3 is 2.15 bits per heavy atom. The SMILES string of the molecule is CC(=O)NCCN(C(=O)CN1C(=O)c2ccccc2C1=O)C(C)C(=O)O. The lowest BCUT2D eigenvalue weighted by Gasteiger charge is -2.28. The zero-order chi connectivity index (χ0) is 19.4. The van der Waals surface area contributed by atoms with Crippen molar-refractivity contribution in [1.82, 2.24) is 15.1 Å². The molecule has 9 heteroatoms. The van der Waals surface area contributed by atoms with Gasteiger partial charge in [0.1, 0.15) is 12.6 Å². The number of nitrogens with one attached hydrogen (secondary N) is 1. The van der Waals surface area contributed by atoms with E-state index in [9.17, 15) is 29.1 Å². The number of aliphatic carboxylic acids is 1. The maximum absolute atomic E-state index is 12.6. The zero-order valence-electron chi connectivity index (χ0n) is 14.4. The highest BCUT2D eigenvalue weighted by atomic mass is 16.4. The Morgan fingerprint density at radius 1 is 1.15 bits per heavy atom. The molecule has 0 fully saturated rings. The number of carbonyl (C=O) groups is 5. The molecule has 2 rings (SSSR count). The van der Waals surface area contributed by atoms with Crippen LogP contribution in [0.15, 0.2) is 24.3 Å². The third kappa shape index (κ3) is 3.88. The molecule has 1 heterocycles. The summed E-state index contributed by atoms with van der Waals surface area (Å²) >= 11 is 0. The zero-order valence-corrected chi connectivity index (χ0v) is 14.4. The molecule has 0 aliphatic carbocycles. The fraction of sp³-hybridized carbons (Fsp3) is 0.353. The quantitative estimate of drug-likeness (QED) is 0.644. The largest absolute Gasteiger partial charge is 0.480 e. The number of carbonyl (C=O) groups excluding carboxylic acids is 4. The van der Waals surface area contributed by atoms with Gasteiger partial charge in [0.2, 0.25) is 11.8 Å². The summed E-state index contributed by atoms with van der Waals surface area (Å²) in [5.41, 5.74) is 0.419. The third-order valence-corrected chi connectivity index (χ3v) is 4.04. The molecule has 0 radical (unpaired) electrons. The first-order valence-electron chi connectivity index (χ1n) is 7.96. The van der Waals surface area contributed by atoms with Crippen molar-refractivity contribution < 1.29 is 29.1 Å². The van der Waals surface area contributed by atoms with Crippen molar-refractivity contribution in [2.24, 2.45) is 0 Å². The van der Waals surface area contributed by atoms with E-state index in [0.717, 1.165) is 9.80 Å². The first-order chi connectivity index (χ1) is 12.2. The molecule has 1 aromatic carbocycles. The molecule has 138 valence electrons. The summed E-state index contributed by atoms with van der Waals surface area (Å²) in [6.07, 6.45) is 0.